The maximum atomic E-state index is 12.1. The first-order valence-electron chi connectivity index (χ1n) is 8.01. The molecule has 0 aliphatic carbocycles. The summed E-state index contributed by atoms with van der Waals surface area (Å²) in [6.07, 6.45) is 1.57. The first-order valence-corrected chi connectivity index (χ1v) is 8.89. The summed E-state index contributed by atoms with van der Waals surface area (Å²) in [4.78, 5) is 15.7. The average Bonchev–Trinajstić information content (AvgIpc) is 3.22. The van der Waals surface area contributed by atoms with Crippen molar-refractivity contribution in [1.29, 1.82) is 0 Å². The normalized spacial score (nSPS) is 24.3. The van der Waals surface area contributed by atoms with Crippen molar-refractivity contribution in [1.82, 2.24) is 10.2 Å². The molecule has 22 heavy (non-hydrogen) atoms. The van der Waals surface area contributed by atoms with E-state index in [1.807, 2.05) is 17.5 Å². The fraction of sp³-hybridized carbons (Fsp3) is 0.688. The van der Waals surface area contributed by atoms with E-state index in [4.69, 9.17) is 9.47 Å². The summed E-state index contributed by atoms with van der Waals surface area (Å²) in [5.74, 6) is 0.625. The summed E-state index contributed by atoms with van der Waals surface area (Å²) >= 11 is 1.63. The van der Waals surface area contributed by atoms with Crippen LogP contribution in [0.25, 0.3) is 0 Å². The Bertz CT molecular complexity index is 454. The zero-order valence-corrected chi connectivity index (χ0v) is 13.6. The molecule has 1 amide bonds. The highest BCUT2D eigenvalue weighted by atomic mass is 32.1. The minimum absolute atomic E-state index is 0.111. The second-order valence-corrected chi connectivity index (χ2v) is 6.93. The molecule has 3 rings (SSSR count). The summed E-state index contributed by atoms with van der Waals surface area (Å²) < 4.78 is 11.0. The Balaban J connectivity index is 1.53. The van der Waals surface area contributed by atoms with Gasteiger partial charge in [-0.05, 0) is 17.9 Å². The fourth-order valence-corrected chi connectivity index (χ4v) is 3.92. The zero-order valence-electron chi connectivity index (χ0n) is 12.8. The molecule has 1 aromatic rings. The first kappa shape index (κ1) is 15.9. The molecular weight excluding hydrogens is 300 g/mol. The van der Waals surface area contributed by atoms with Gasteiger partial charge in [-0.3, -0.25) is 9.69 Å². The molecule has 0 saturated carbocycles. The molecule has 2 unspecified atom stereocenters. The molecule has 2 saturated heterocycles. The summed E-state index contributed by atoms with van der Waals surface area (Å²) in [5, 5.41) is 5.13. The number of hydrogen-bond donors (Lipinski definition) is 1. The smallest absolute Gasteiger partial charge is 0.225 e. The van der Waals surface area contributed by atoms with Crippen LogP contribution in [0.1, 0.15) is 11.3 Å². The molecule has 1 aromatic heterocycles. The van der Waals surface area contributed by atoms with Gasteiger partial charge in [0, 0.05) is 43.1 Å². The van der Waals surface area contributed by atoms with Crippen LogP contribution in [0.5, 0.6) is 0 Å². The van der Waals surface area contributed by atoms with Gasteiger partial charge in [-0.2, -0.15) is 0 Å². The molecule has 0 spiro atoms. The van der Waals surface area contributed by atoms with Crippen molar-refractivity contribution >= 4 is 17.2 Å². The van der Waals surface area contributed by atoms with Crippen molar-refractivity contribution in [2.75, 3.05) is 46.1 Å². The van der Waals surface area contributed by atoms with Crippen LogP contribution in [-0.2, 0) is 20.7 Å². The molecule has 2 atom stereocenters. The van der Waals surface area contributed by atoms with Gasteiger partial charge < -0.3 is 14.8 Å². The SMILES string of the molecule is O=C(Cc1cccs1)NCC(C1CCOC1)N1CCOCC1. The van der Waals surface area contributed by atoms with Crippen molar-refractivity contribution in [3.05, 3.63) is 22.4 Å². The van der Waals surface area contributed by atoms with Crippen LogP contribution >= 0.6 is 11.3 Å². The van der Waals surface area contributed by atoms with Gasteiger partial charge >= 0.3 is 0 Å². The van der Waals surface area contributed by atoms with Gasteiger partial charge in [0.05, 0.1) is 26.2 Å². The molecule has 0 radical (unpaired) electrons. The summed E-state index contributed by atoms with van der Waals surface area (Å²) in [6, 6.07) is 4.35. The summed E-state index contributed by atoms with van der Waals surface area (Å²) in [6.45, 7) is 5.82. The Kier molecular flexibility index (Phi) is 5.83. The van der Waals surface area contributed by atoms with Crippen LogP contribution in [0.3, 0.4) is 0 Å². The summed E-state index contributed by atoms with van der Waals surface area (Å²) in [5.41, 5.74) is 0. The van der Waals surface area contributed by atoms with E-state index in [-0.39, 0.29) is 5.91 Å². The lowest BCUT2D eigenvalue weighted by molar-refractivity contribution is -0.120. The molecule has 2 aliphatic heterocycles. The standard InChI is InChI=1S/C16H24N2O3S/c19-16(10-14-2-1-9-22-14)17-11-15(13-3-6-21-12-13)18-4-7-20-8-5-18/h1-2,9,13,15H,3-8,10-12H2,(H,17,19). The summed E-state index contributed by atoms with van der Waals surface area (Å²) in [7, 11) is 0. The predicted molar refractivity (Wildman–Crippen MR) is 86.1 cm³/mol. The van der Waals surface area contributed by atoms with Crippen LogP contribution in [0, 0.1) is 5.92 Å². The second-order valence-electron chi connectivity index (χ2n) is 5.90. The van der Waals surface area contributed by atoms with E-state index < -0.39 is 0 Å². The molecule has 3 heterocycles. The number of hydrogen-bond acceptors (Lipinski definition) is 5. The number of rotatable bonds is 6. The Labute approximate surface area is 135 Å². The number of nitrogens with one attached hydrogen (secondary N) is 1. The minimum Gasteiger partial charge on any atom is -0.381 e. The van der Waals surface area contributed by atoms with Crippen molar-refractivity contribution < 1.29 is 14.3 Å². The van der Waals surface area contributed by atoms with Crippen LogP contribution in [0.4, 0.5) is 0 Å². The number of morpholine rings is 1. The predicted octanol–water partition coefficient (Wildman–Crippen LogP) is 1.14. The monoisotopic (exact) mass is 324 g/mol. The third-order valence-electron chi connectivity index (χ3n) is 4.45. The van der Waals surface area contributed by atoms with E-state index >= 15 is 0 Å². The Morgan fingerprint density at radius 2 is 2.23 bits per heavy atom. The van der Waals surface area contributed by atoms with Gasteiger partial charge in [-0.1, -0.05) is 6.07 Å². The fourth-order valence-electron chi connectivity index (χ4n) is 3.21. The third kappa shape index (κ3) is 4.29. The van der Waals surface area contributed by atoms with Gasteiger partial charge in [0.15, 0.2) is 0 Å². The number of carbonyl (C=O) groups excluding carboxylic acids is 1. The maximum Gasteiger partial charge on any atom is 0.225 e. The number of nitrogens with zero attached hydrogens (tertiary/aromatic N) is 1. The van der Waals surface area contributed by atoms with Gasteiger partial charge in [0.2, 0.25) is 5.91 Å². The number of amides is 1. The Morgan fingerprint density at radius 3 is 2.91 bits per heavy atom. The molecule has 5 nitrogen and oxygen atoms in total. The van der Waals surface area contributed by atoms with E-state index in [0.29, 0.717) is 24.9 Å². The Morgan fingerprint density at radius 1 is 1.36 bits per heavy atom. The molecule has 2 aliphatic rings. The number of thiophene rings is 1. The molecule has 0 bridgehead atoms. The zero-order chi connectivity index (χ0) is 15.2. The lowest BCUT2D eigenvalue weighted by Gasteiger charge is -2.37. The van der Waals surface area contributed by atoms with Crippen molar-refractivity contribution in [3.63, 3.8) is 0 Å². The van der Waals surface area contributed by atoms with Crippen molar-refractivity contribution in [2.24, 2.45) is 5.92 Å². The van der Waals surface area contributed by atoms with Gasteiger partial charge in [0.25, 0.3) is 0 Å². The van der Waals surface area contributed by atoms with Crippen LogP contribution in [-0.4, -0.2) is 62.9 Å². The number of carbonyl (C=O) groups is 1. The largest absolute Gasteiger partial charge is 0.381 e. The van der Waals surface area contributed by atoms with Gasteiger partial charge in [0.1, 0.15) is 0 Å². The van der Waals surface area contributed by atoms with Crippen molar-refractivity contribution in [2.45, 2.75) is 18.9 Å². The molecule has 2 fully saturated rings. The highest BCUT2D eigenvalue weighted by molar-refractivity contribution is 7.10. The lowest BCUT2D eigenvalue weighted by Crippen LogP contribution is -2.52. The van der Waals surface area contributed by atoms with Gasteiger partial charge in [-0.25, -0.2) is 0 Å². The number of ether oxygens (including phenoxy) is 2. The van der Waals surface area contributed by atoms with E-state index in [9.17, 15) is 4.79 Å². The van der Waals surface area contributed by atoms with Crippen LogP contribution in [0.2, 0.25) is 0 Å². The molecule has 6 heteroatoms. The average molecular weight is 324 g/mol. The minimum atomic E-state index is 0.111. The Hall–Kier alpha value is -0.950. The van der Waals surface area contributed by atoms with Crippen LogP contribution < -0.4 is 5.32 Å². The third-order valence-corrected chi connectivity index (χ3v) is 5.32. The lowest BCUT2D eigenvalue weighted by atomic mass is 9.97. The maximum absolute atomic E-state index is 12.1. The van der Waals surface area contributed by atoms with E-state index in [1.54, 1.807) is 11.3 Å². The van der Waals surface area contributed by atoms with Crippen molar-refractivity contribution in [3.8, 4) is 0 Å². The quantitative estimate of drug-likeness (QED) is 0.853. The molecule has 0 aromatic carbocycles. The van der Waals surface area contributed by atoms with Crippen LogP contribution in [0.15, 0.2) is 17.5 Å². The first-order chi connectivity index (χ1) is 10.8. The second kappa shape index (κ2) is 8.06. The van der Waals surface area contributed by atoms with E-state index in [2.05, 4.69) is 10.2 Å². The van der Waals surface area contributed by atoms with E-state index in [1.165, 1.54) is 0 Å². The molecule has 122 valence electrons. The molecule has 1 N–H and O–H groups in total. The van der Waals surface area contributed by atoms with Gasteiger partial charge in [-0.15, -0.1) is 11.3 Å². The topological polar surface area (TPSA) is 50.8 Å². The molecular formula is C16H24N2O3S. The van der Waals surface area contributed by atoms with E-state index in [0.717, 1.165) is 50.8 Å². The highest BCUT2D eigenvalue weighted by Gasteiger charge is 2.31. The highest BCUT2D eigenvalue weighted by Crippen LogP contribution is 2.22.